The van der Waals surface area contributed by atoms with Gasteiger partial charge in [-0.15, -0.1) is 21.5 Å². The highest BCUT2D eigenvalue weighted by molar-refractivity contribution is 7.13. The van der Waals surface area contributed by atoms with Crippen molar-refractivity contribution in [2.75, 3.05) is 62.6 Å². The maximum absolute atomic E-state index is 14.3. The molecule has 4 aliphatic heterocycles. The van der Waals surface area contributed by atoms with Crippen LogP contribution in [0.1, 0.15) is 64.3 Å². The smallest absolute Gasteiger partial charge is 0.246 e. The number of aromatic hydroxyl groups is 1. The van der Waals surface area contributed by atoms with Crippen LogP contribution in [0.5, 0.6) is 5.75 Å². The molecule has 0 bridgehead atoms. The number of phenols is 1. The van der Waals surface area contributed by atoms with E-state index in [1.54, 1.807) is 23.5 Å². The number of piperazine rings is 1. The number of para-hydroxylation sites is 1. The highest BCUT2D eigenvalue weighted by atomic mass is 32.1. The zero-order valence-corrected chi connectivity index (χ0v) is 36.5. The number of benzene rings is 2. The SMILES string of the molecule is Cc1ncsc1-c1ccc(C(C)NC(=O)[C@@H]2C[C@@H](O)CN2C(=O)C(NC(=O)CN2CCC(N3CCN4c5cc(-c6ccccc6O)nnc5NC[C@@H]4C3)CC2)C(C)(C)C)cc1. The van der Waals surface area contributed by atoms with Crippen LogP contribution >= 0.6 is 11.3 Å². The molecule has 3 saturated heterocycles. The van der Waals surface area contributed by atoms with Gasteiger partial charge in [-0.2, -0.15) is 0 Å². The van der Waals surface area contributed by atoms with Gasteiger partial charge >= 0.3 is 0 Å². The summed E-state index contributed by atoms with van der Waals surface area (Å²) in [5.74, 6) is 0.0110. The molecular formula is C45H58N10O5S. The second-order valence-corrected chi connectivity index (χ2v) is 18.9. The molecule has 8 rings (SSSR count). The Morgan fingerprint density at radius 2 is 1.72 bits per heavy atom. The van der Waals surface area contributed by atoms with Gasteiger partial charge in [0, 0.05) is 63.8 Å². The van der Waals surface area contributed by atoms with Crippen LogP contribution in [-0.2, 0) is 14.4 Å². The molecule has 3 amide bonds. The summed E-state index contributed by atoms with van der Waals surface area (Å²) in [5, 5.41) is 39.6. The molecular weight excluding hydrogens is 793 g/mol. The number of nitrogens with one attached hydrogen (secondary N) is 3. The van der Waals surface area contributed by atoms with E-state index in [1.165, 1.54) is 4.90 Å². The Balaban J connectivity index is 0.833. The quantitative estimate of drug-likeness (QED) is 0.155. The van der Waals surface area contributed by atoms with Crippen LogP contribution in [0.15, 0.2) is 60.1 Å². The maximum Gasteiger partial charge on any atom is 0.246 e. The number of carbonyl (C=O) groups is 3. The first-order chi connectivity index (χ1) is 29.2. The third kappa shape index (κ3) is 9.22. The molecule has 0 saturated carbocycles. The van der Waals surface area contributed by atoms with E-state index in [0.29, 0.717) is 17.3 Å². The Kier molecular flexibility index (Phi) is 12.3. The largest absolute Gasteiger partial charge is 0.507 e. The molecule has 0 radical (unpaired) electrons. The number of aryl methyl sites for hydroxylation is 1. The zero-order valence-electron chi connectivity index (χ0n) is 35.7. The lowest BCUT2D eigenvalue weighted by atomic mass is 9.85. The van der Waals surface area contributed by atoms with E-state index in [0.717, 1.165) is 85.3 Å². The second kappa shape index (κ2) is 17.7. The van der Waals surface area contributed by atoms with Crippen LogP contribution in [0, 0.1) is 12.3 Å². The Morgan fingerprint density at radius 1 is 0.967 bits per heavy atom. The van der Waals surface area contributed by atoms with Crippen molar-refractivity contribution in [1.82, 2.24) is 40.5 Å². The number of rotatable bonds is 10. The van der Waals surface area contributed by atoms with Crippen molar-refractivity contribution in [3.8, 4) is 27.4 Å². The number of amides is 3. The molecule has 2 unspecified atom stereocenters. The Labute approximate surface area is 361 Å². The summed E-state index contributed by atoms with van der Waals surface area (Å²) in [6.07, 6.45) is 1.15. The van der Waals surface area contributed by atoms with Gasteiger partial charge in [0.25, 0.3) is 0 Å². The average Bonchev–Trinajstić information content (AvgIpc) is 3.87. The molecule has 5 N–H and O–H groups in total. The number of piperidine rings is 1. The van der Waals surface area contributed by atoms with E-state index in [2.05, 4.69) is 45.8 Å². The van der Waals surface area contributed by atoms with E-state index in [-0.39, 0.29) is 55.1 Å². The maximum atomic E-state index is 14.3. The third-order valence-electron chi connectivity index (χ3n) is 12.8. The van der Waals surface area contributed by atoms with Crippen molar-refractivity contribution < 1.29 is 24.6 Å². The highest BCUT2D eigenvalue weighted by Crippen LogP contribution is 2.37. The Morgan fingerprint density at radius 3 is 2.43 bits per heavy atom. The summed E-state index contributed by atoms with van der Waals surface area (Å²) in [6, 6.07) is 15.8. The van der Waals surface area contributed by atoms with Gasteiger partial charge in [-0.1, -0.05) is 57.2 Å². The molecule has 2 aromatic carbocycles. The number of anilines is 2. The van der Waals surface area contributed by atoms with Crippen molar-refractivity contribution in [2.45, 2.75) is 90.2 Å². The molecule has 15 nitrogen and oxygen atoms in total. The van der Waals surface area contributed by atoms with E-state index in [1.807, 2.05) is 82.6 Å². The van der Waals surface area contributed by atoms with Crippen LogP contribution in [-0.4, -0.2) is 140 Å². The van der Waals surface area contributed by atoms with Crippen molar-refractivity contribution >= 4 is 40.6 Å². The van der Waals surface area contributed by atoms with Gasteiger partial charge in [0.05, 0.1) is 52.2 Å². The van der Waals surface area contributed by atoms with Gasteiger partial charge in [-0.05, 0) is 61.4 Å². The van der Waals surface area contributed by atoms with Crippen molar-refractivity contribution in [3.63, 3.8) is 0 Å². The first-order valence-corrected chi connectivity index (χ1v) is 22.3. The number of carbonyl (C=O) groups excluding carboxylic acids is 3. The van der Waals surface area contributed by atoms with E-state index >= 15 is 0 Å². The number of hydrogen-bond donors (Lipinski definition) is 5. The Hall–Kier alpha value is -5.16. The molecule has 2 aromatic heterocycles. The molecule has 3 fully saturated rings. The van der Waals surface area contributed by atoms with Crippen LogP contribution in [0.2, 0.25) is 0 Å². The van der Waals surface area contributed by atoms with Crippen LogP contribution in [0.3, 0.4) is 0 Å². The molecule has 4 aromatic rings. The lowest BCUT2D eigenvalue weighted by Crippen LogP contribution is -2.61. The first-order valence-electron chi connectivity index (χ1n) is 21.4. The predicted octanol–water partition coefficient (Wildman–Crippen LogP) is 4.03. The first kappa shape index (κ1) is 42.5. The van der Waals surface area contributed by atoms with Gasteiger partial charge in [0.2, 0.25) is 17.7 Å². The van der Waals surface area contributed by atoms with Gasteiger partial charge in [0.15, 0.2) is 5.82 Å². The summed E-state index contributed by atoms with van der Waals surface area (Å²) in [5.41, 5.74) is 6.45. The number of hydrogen-bond acceptors (Lipinski definition) is 13. The lowest BCUT2D eigenvalue weighted by molar-refractivity contribution is -0.144. The van der Waals surface area contributed by atoms with Crippen LogP contribution in [0.4, 0.5) is 11.5 Å². The van der Waals surface area contributed by atoms with Crippen molar-refractivity contribution in [2.24, 2.45) is 5.41 Å². The highest BCUT2D eigenvalue weighted by Gasteiger charge is 2.45. The number of nitrogens with zero attached hydrogens (tertiary/aromatic N) is 7. The van der Waals surface area contributed by atoms with Gasteiger partial charge in [-0.25, -0.2) is 4.98 Å². The number of aliphatic hydroxyl groups is 1. The summed E-state index contributed by atoms with van der Waals surface area (Å²) in [6.45, 7) is 14.8. The van der Waals surface area contributed by atoms with Gasteiger partial charge < -0.3 is 36.0 Å². The van der Waals surface area contributed by atoms with Crippen molar-refractivity contribution in [1.29, 1.82) is 0 Å². The third-order valence-corrected chi connectivity index (χ3v) is 13.8. The van der Waals surface area contributed by atoms with E-state index in [4.69, 9.17) is 0 Å². The minimum absolute atomic E-state index is 0.0230. The van der Waals surface area contributed by atoms with Gasteiger partial charge in [-0.3, -0.25) is 24.2 Å². The normalized spacial score (nSPS) is 22.2. The number of phenolic OH excluding ortho intramolecular Hbond substituents is 1. The van der Waals surface area contributed by atoms with Gasteiger partial charge in [0.1, 0.15) is 17.8 Å². The Bertz CT molecular complexity index is 2220. The fourth-order valence-corrected chi connectivity index (χ4v) is 10.1. The number of aromatic nitrogens is 3. The average molecular weight is 851 g/mol. The topological polar surface area (TPSA) is 179 Å². The molecule has 61 heavy (non-hydrogen) atoms. The van der Waals surface area contributed by atoms with E-state index in [9.17, 15) is 24.6 Å². The monoisotopic (exact) mass is 850 g/mol. The molecule has 5 atom stereocenters. The van der Waals surface area contributed by atoms with Crippen molar-refractivity contribution in [3.05, 3.63) is 71.4 Å². The second-order valence-electron chi connectivity index (χ2n) is 18.1. The molecule has 6 heterocycles. The molecule has 324 valence electrons. The summed E-state index contributed by atoms with van der Waals surface area (Å²) in [7, 11) is 0. The standard InChI is InChI=1S/C45H58N10O5S/c1-27(29-10-12-30(13-11-29)40-28(2)47-26-61-40)48-43(59)37-20-33(56)24-55(37)44(60)41(45(3,4)5)49-39(58)25-52-16-14-31(15-17-52)53-18-19-54-32(23-53)22-46-42-36(54)21-35(50-51-42)34-8-6-7-9-38(34)57/h6-13,21,26-27,31-33,37,41,56-57H,14-20,22-25H2,1-5H3,(H,46,51)(H,48,59)(H,49,58)/t27?,32-,33-,37+,41?/m1/s1. The summed E-state index contributed by atoms with van der Waals surface area (Å²) >= 11 is 1.59. The lowest BCUT2D eigenvalue weighted by Gasteiger charge is -2.49. The zero-order chi connectivity index (χ0) is 43.0. The van der Waals surface area contributed by atoms with E-state index < -0.39 is 23.6 Å². The predicted molar refractivity (Wildman–Crippen MR) is 236 cm³/mol. The number of fused-ring (bicyclic) bond motifs is 3. The van der Waals surface area contributed by atoms with Crippen LogP contribution in [0.25, 0.3) is 21.7 Å². The minimum atomic E-state index is -0.885. The number of likely N-dealkylation sites (tertiary alicyclic amines) is 2. The fraction of sp³-hybridized carbons (Fsp3) is 0.511. The number of aliphatic hydroxyl groups excluding tert-OH is 1. The number of β-amino-alcohol motifs (C(OH)–C–C–N with tert-alkyl or cyclic N) is 1. The molecule has 16 heteroatoms. The fourth-order valence-electron chi connectivity index (χ4n) is 9.33. The summed E-state index contributed by atoms with van der Waals surface area (Å²) in [4.78, 5) is 55.7. The number of thiazole rings is 1. The summed E-state index contributed by atoms with van der Waals surface area (Å²) < 4.78 is 0. The molecule has 0 aliphatic carbocycles. The molecule has 0 spiro atoms. The van der Waals surface area contributed by atoms with Crippen LogP contribution < -0.4 is 20.9 Å². The molecule has 4 aliphatic rings. The minimum Gasteiger partial charge on any atom is -0.507 e.